The zero-order valence-electron chi connectivity index (χ0n) is 10.9. The first kappa shape index (κ1) is 14.9. The predicted molar refractivity (Wildman–Crippen MR) is 68.5 cm³/mol. The Morgan fingerprint density at radius 3 is 2.53 bits per heavy atom. The van der Waals surface area contributed by atoms with Gasteiger partial charge in [0.2, 0.25) is 10.0 Å². The van der Waals surface area contributed by atoms with E-state index in [4.69, 9.17) is 4.74 Å². The van der Waals surface area contributed by atoms with E-state index in [-0.39, 0.29) is 6.04 Å². The highest BCUT2D eigenvalue weighted by Crippen LogP contribution is 2.18. The molecule has 2 N–H and O–H groups in total. The summed E-state index contributed by atoms with van der Waals surface area (Å²) >= 11 is 0. The minimum atomic E-state index is -3.25. The Morgan fingerprint density at radius 2 is 2.00 bits per heavy atom. The van der Waals surface area contributed by atoms with Crippen LogP contribution in [0.25, 0.3) is 0 Å². The van der Waals surface area contributed by atoms with Gasteiger partial charge in [-0.25, -0.2) is 13.1 Å². The van der Waals surface area contributed by atoms with E-state index in [1.807, 2.05) is 13.8 Å². The summed E-state index contributed by atoms with van der Waals surface area (Å²) in [4.78, 5) is 0. The summed E-state index contributed by atoms with van der Waals surface area (Å²) in [6.07, 6.45) is 2.34. The first-order chi connectivity index (χ1) is 7.95. The summed E-state index contributed by atoms with van der Waals surface area (Å²) in [6, 6.07) is 0.358. The smallest absolute Gasteiger partial charge is 0.215 e. The van der Waals surface area contributed by atoms with Crippen LogP contribution in [0.3, 0.4) is 0 Å². The van der Waals surface area contributed by atoms with E-state index in [0.717, 1.165) is 0 Å². The molecule has 1 saturated carbocycles. The van der Waals surface area contributed by atoms with Crippen LogP contribution in [0.2, 0.25) is 0 Å². The van der Waals surface area contributed by atoms with Gasteiger partial charge in [0.1, 0.15) is 0 Å². The van der Waals surface area contributed by atoms with Crippen LogP contribution in [0.4, 0.5) is 0 Å². The lowest BCUT2D eigenvalue weighted by Gasteiger charge is -2.18. The third-order valence-electron chi connectivity index (χ3n) is 2.74. The Balaban J connectivity index is 2.31. The average Bonchev–Trinajstić information content (AvgIpc) is 3.06. The molecule has 1 aliphatic carbocycles. The number of ether oxygens (including phenoxy) is 1. The molecule has 2 unspecified atom stereocenters. The van der Waals surface area contributed by atoms with Crippen LogP contribution in [0.15, 0.2) is 0 Å². The molecule has 17 heavy (non-hydrogen) atoms. The van der Waals surface area contributed by atoms with E-state index in [2.05, 4.69) is 10.0 Å². The molecule has 0 radical (unpaired) electrons. The first-order valence-corrected chi connectivity index (χ1v) is 7.82. The molecule has 0 spiro atoms. The number of hydrogen-bond donors (Lipinski definition) is 2. The molecular weight excluding hydrogens is 240 g/mol. The molecule has 1 rings (SSSR count). The summed E-state index contributed by atoms with van der Waals surface area (Å²) in [5.74, 6) is 0. The third kappa shape index (κ3) is 5.81. The van der Waals surface area contributed by atoms with Gasteiger partial charge in [-0.15, -0.1) is 0 Å². The van der Waals surface area contributed by atoms with E-state index in [1.165, 1.54) is 12.8 Å². The predicted octanol–water partition coefficient (Wildman–Crippen LogP) is 0.471. The number of rotatable bonds is 9. The SMILES string of the molecule is CCOCC(C)NS(=O)(=O)C(C)CNC1CC1. The molecule has 0 aliphatic heterocycles. The third-order valence-corrected chi connectivity index (χ3v) is 4.70. The molecular formula is C11H24N2O3S. The van der Waals surface area contributed by atoms with Crippen molar-refractivity contribution in [2.45, 2.75) is 50.9 Å². The molecule has 0 heterocycles. The van der Waals surface area contributed by atoms with Crippen molar-refractivity contribution in [3.05, 3.63) is 0 Å². The van der Waals surface area contributed by atoms with E-state index in [0.29, 0.717) is 25.8 Å². The largest absolute Gasteiger partial charge is 0.380 e. The van der Waals surface area contributed by atoms with Crippen LogP contribution < -0.4 is 10.0 Å². The molecule has 2 atom stereocenters. The Kier molecular flexibility index (Phi) is 5.85. The number of nitrogens with one attached hydrogen (secondary N) is 2. The maximum Gasteiger partial charge on any atom is 0.215 e. The van der Waals surface area contributed by atoms with Crippen molar-refractivity contribution in [2.24, 2.45) is 0 Å². The summed E-state index contributed by atoms with van der Waals surface area (Å²) in [5, 5.41) is 2.82. The molecule has 102 valence electrons. The maximum absolute atomic E-state index is 11.9. The molecule has 5 nitrogen and oxygen atoms in total. The standard InChI is InChI=1S/C11H24N2O3S/c1-4-16-8-9(2)13-17(14,15)10(3)7-12-11-5-6-11/h9-13H,4-8H2,1-3H3. The second-order valence-electron chi connectivity index (χ2n) is 4.72. The zero-order valence-corrected chi connectivity index (χ0v) is 11.7. The summed E-state index contributed by atoms with van der Waals surface area (Å²) in [5.41, 5.74) is 0. The second-order valence-corrected chi connectivity index (χ2v) is 6.85. The van der Waals surface area contributed by atoms with Gasteiger partial charge in [0, 0.05) is 25.2 Å². The molecule has 0 bridgehead atoms. The van der Waals surface area contributed by atoms with Crippen molar-refractivity contribution < 1.29 is 13.2 Å². The summed E-state index contributed by atoms with van der Waals surface area (Å²) in [6.45, 7) is 6.97. The van der Waals surface area contributed by atoms with Crippen molar-refractivity contribution in [1.29, 1.82) is 0 Å². The Morgan fingerprint density at radius 1 is 1.35 bits per heavy atom. The van der Waals surface area contributed by atoms with Gasteiger partial charge in [-0.2, -0.15) is 0 Å². The Labute approximate surface area is 104 Å². The van der Waals surface area contributed by atoms with Gasteiger partial charge in [0.15, 0.2) is 0 Å². The molecule has 1 aliphatic rings. The Hall–Kier alpha value is -0.170. The lowest BCUT2D eigenvalue weighted by molar-refractivity contribution is 0.133. The molecule has 0 saturated heterocycles. The van der Waals surface area contributed by atoms with Crippen LogP contribution in [-0.2, 0) is 14.8 Å². The van der Waals surface area contributed by atoms with Gasteiger partial charge < -0.3 is 10.1 Å². The molecule has 0 aromatic heterocycles. The second kappa shape index (κ2) is 6.68. The summed E-state index contributed by atoms with van der Waals surface area (Å²) in [7, 11) is -3.25. The molecule has 0 aromatic rings. The van der Waals surface area contributed by atoms with Crippen molar-refractivity contribution >= 4 is 10.0 Å². The highest BCUT2D eigenvalue weighted by molar-refractivity contribution is 7.90. The highest BCUT2D eigenvalue weighted by atomic mass is 32.2. The molecule has 0 amide bonds. The lowest BCUT2D eigenvalue weighted by atomic mass is 10.4. The van der Waals surface area contributed by atoms with Gasteiger partial charge in [0.25, 0.3) is 0 Å². The van der Waals surface area contributed by atoms with Gasteiger partial charge in [-0.3, -0.25) is 0 Å². The van der Waals surface area contributed by atoms with Gasteiger partial charge >= 0.3 is 0 Å². The van der Waals surface area contributed by atoms with Crippen molar-refractivity contribution in [1.82, 2.24) is 10.0 Å². The van der Waals surface area contributed by atoms with Crippen molar-refractivity contribution in [3.8, 4) is 0 Å². The van der Waals surface area contributed by atoms with E-state index in [1.54, 1.807) is 6.92 Å². The topological polar surface area (TPSA) is 67.4 Å². The van der Waals surface area contributed by atoms with E-state index < -0.39 is 15.3 Å². The zero-order chi connectivity index (χ0) is 12.9. The fraction of sp³-hybridized carbons (Fsp3) is 1.00. The van der Waals surface area contributed by atoms with E-state index >= 15 is 0 Å². The quantitative estimate of drug-likeness (QED) is 0.635. The van der Waals surface area contributed by atoms with Crippen molar-refractivity contribution in [3.63, 3.8) is 0 Å². The van der Waals surface area contributed by atoms with Crippen LogP contribution >= 0.6 is 0 Å². The first-order valence-electron chi connectivity index (χ1n) is 6.28. The van der Waals surface area contributed by atoms with Crippen LogP contribution in [0.5, 0.6) is 0 Å². The lowest BCUT2D eigenvalue weighted by Crippen LogP contribution is -2.44. The van der Waals surface area contributed by atoms with Gasteiger partial charge in [-0.05, 0) is 33.6 Å². The van der Waals surface area contributed by atoms with Gasteiger partial charge in [0.05, 0.1) is 11.9 Å². The van der Waals surface area contributed by atoms with Crippen LogP contribution in [0, 0.1) is 0 Å². The minimum absolute atomic E-state index is 0.177. The van der Waals surface area contributed by atoms with Crippen LogP contribution in [-0.4, -0.2) is 45.5 Å². The fourth-order valence-electron chi connectivity index (χ4n) is 1.46. The highest BCUT2D eigenvalue weighted by Gasteiger charge is 2.26. The van der Waals surface area contributed by atoms with E-state index in [9.17, 15) is 8.42 Å². The normalized spacial score (nSPS) is 20.2. The number of hydrogen-bond acceptors (Lipinski definition) is 4. The monoisotopic (exact) mass is 264 g/mol. The van der Waals surface area contributed by atoms with Gasteiger partial charge in [-0.1, -0.05) is 0 Å². The molecule has 1 fully saturated rings. The molecule has 0 aromatic carbocycles. The summed E-state index contributed by atoms with van der Waals surface area (Å²) < 4.78 is 31.7. The number of sulfonamides is 1. The van der Waals surface area contributed by atoms with Crippen molar-refractivity contribution in [2.75, 3.05) is 19.8 Å². The Bertz CT molecular complexity index is 315. The average molecular weight is 264 g/mol. The molecule has 6 heteroatoms. The van der Waals surface area contributed by atoms with Crippen LogP contribution in [0.1, 0.15) is 33.6 Å². The fourth-order valence-corrected chi connectivity index (χ4v) is 2.63. The minimum Gasteiger partial charge on any atom is -0.380 e. The maximum atomic E-state index is 11.9.